The Hall–Kier alpha value is -2.87. The summed E-state index contributed by atoms with van der Waals surface area (Å²) in [5.41, 5.74) is 1.82. The van der Waals surface area contributed by atoms with Crippen molar-refractivity contribution in [2.45, 2.75) is 25.9 Å². The summed E-state index contributed by atoms with van der Waals surface area (Å²) in [5.74, 6) is 0.177. The summed E-state index contributed by atoms with van der Waals surface area (Å²) in [4.78, 5) is 24.6. The summed E-state index contributed by atoms with van der Waals surface area (Å²) in [6.07, 6.45) is 0.626. The molecule has 1 aromatic carbocycles. The highest BCUT2D eigenvalue weighted by molar-refractivity contribution is 5.97. The average Bonchev–Trinajstić information content (AvgIpc) is 3.21. The first-order chi connectivity index (χ1) is 13.1. The van der Waals surface area contributed by atoms with Crippen LogP contribution in [-0.4, -0.2) is 54.5 Å². The summed E-state index contributed by atoms with van der Waals surface area (Å²) in [5, 5.41) is 10.1. The first-order valence-corrected chi connectivity index (χ1v) is 8.99. The fourth-order valence-corrected chi connectivity index (χ4v) is 3.07. The Morgan fingerprint density at radius 2 is 2.11 bits per heavy atom. The van der Waals surface area contributed by atoms with Crippen molar-refractivity contribution in [1.82, 2.24) is 20.4 Å². The Bertz CT molecular complexity index is 794. The number of fused-ring (bicyclic) bond motifs is 1. The summed E-state index contributed by atoms with van der Waals surface area (Å²) in [7, 11) is 1.58. The molecule has 2 heterocycles. The molecule has 0 bridgehead atoms. The lowest BCUT2D eigenvalue weighted by atomic mass is 10.1. The summed E-state index contributed by atoms with van der Waals surface area (Å²) in [6.45, 7) is 3.81. The van der Waals surface area contributed by atoms with Gasteiger partial charge in [0, 0.05) is 25.8 Å². The van der Waals surface area contributed by atoms with Crippen LogP contribution in [0.15, 0.2) is 30.3 Å². The normalized spacial score (nSPS) is 15.3. The molecular weight excluding hydrogens is 348 g/mol. The molecule has 144 valence electrons. The van der Waals surface area contributed by atoms with Crippen LogP contribution in [0.3, 0.4) is 0 Å². The van der Waals surface area contributed by atoms with E-state index in [1.807, 2.05) is 19.1 Å². The molecule has 1 aliphatic rings. The average molecular weight is 372 g/mol. The van der Waals surface area contributed by atoms with E-state index in [1.165, 1.54) is 0 Å². The third-order valence-electron chi connectivity index (χ3n) is 4.30. The van der Waals surface area contributed by atoms with Crippen LogP contribution < -0.4 is 15.4 Å². The van der Waals surface area contributed by atoms with Gasteiger partial charge in [0.1, 0.15) is 11.4 Å². The Kier molecular flexibility index (Phi) is 6.08. The van der Waals surface area contributed by atoms with Crippen LogP contribution in [0.5, 0.6) is 5.75 Å². The Balaban J connectivity index is 1.58. The van der Waals surface area contributed by atoms with Crippen LogP contribution in [0, 0.1) is 0 Å². The molecule has 2 aromatic rings. The van der Waals surface area contributed by atoms with Gasteiger partial charge in [-0.25, -0.2) is 0 Å². The standard InChI is InChI=1S/C19H24N4O4/c1-3-27-17-7-5-4-6-15(17)18(24)21-13-10-14-11-16(22-23(14)12-13)19(25)20-8-9-26-2/h4-7,11,13H,3,8-10,12H2,1-2H3,(H,20,25)(H,21,24)/t13-/m0/s1. The zero-order chi connectivity index (χ0) is 19.2. The van der Waals surface area contributed by atoms with Crippen LogP contribution in [0.1, 0.15) is 33.5 Å². The smallest absolute Gasteiger partial charge is 0.271 e. The number of methoxy groups -OCH3 is 1. The number of ether oxygens (including phenoxy) is 2. The number of nitrogens with one attached hydrogen (secondary N) is 2. The summed E-state index contributed by atoms with van der Waals surface area (Å²) < 4.78 is 12.2. The highest BCUT2D eigenvalue weighted by Gasteiger charge is 2.27. The molecule has 1 aromatic heterocycles. The van der Waals surface area contributed by atoms with Crippen molar-refractivity contribution in [3.63, 3.8) is 0 Å². The number of amides is 2. The second-order valence-corrected chi connectivity index (χ2v) is 6.26. The van der Waals surface area contributed by atoms with Gasteiger partial charge in [0.15, 0.2) is 0 Å². The maximum atomic E-state index is 12.6. The van der Waals surface area contributed by atoms with Crippen LogP contribution in [0.4, 0.5) is 0 Å². The highest BCUT2D eigenvalue weighted by atomic mass is 16.5. The van der Waals surface area contributed by atoms with Gasteiger partial charge in [0.25, 0.3) is 11.8 Å². The summed E-state index contributed by atoms with van der Waals surface area (Å²) in [6, 6.07) is 8.88. The SMILES string of the molecule is CCOc1ccccc1C(=O)N[C@H]1Cc2cc(C(=O)NCCOC)nn2C1. The molecule has 3 rings (SSSR count). The molecule has 2 N–H and O–H groups in total. The van der Waals surface area contributed by atoms with E-state index >= 15 is 0 Å². The van der Waals surface area contributed by atoms with Crippen molar-refractivity contribution in [3.05, 3.63) is 47.3 Å². The van der Waals surface area contributed by atoms with E-state index in [9.17, 15) is 9.59 Å². The molecule has 0 fully saturated rings. The molecule has 1 aliphatic heterocycles. The van der Waals surface area contributed by atoms with Gasteiger partial charge < -0.3 is 20.1 Å². The molecule has 2 amide bonds. The van der Waals surface area contributed by atoms with Crippen LogP contribution >= 0.6 is 0 Å². The van der Waals surface area contributed by atoms with E-state index in [-0.39, 0.29) is 17.9 Å². The van der Waals surface area contributed by atoms with E-state index in [0.29, 0.717) is 49.7 Å². The predicted molar refractivity (Wildman–Crippen MR) is 99.0 cm³/mol. The second kappa shape index (κ2) is 8.68. The zero-order valence-corrected chi connectivity index (χ0v) is 15.5. The van der Waals surface area contributed by atoms with Crippen molar-refractivity contribution < 1.29 is 19.1 Å². The lowest BCUT2D eigenvalue weighted by Gasteiger charge is -2.14. The maximum Gasteiger partial charge on any atom is 0.271 e. The predicted octanol–water partition coefficient (Wildman–Crippen LogP) is 1.01. The van der Waals surface area contributed by atoms with Crippen LogP contribution in [0.2, 0.25) is 0 Å². The molecule has 8 heteroatoms. The summed E-state index contributed by atoms with van der Waals surface area (Å²) >= 11 is 0. The first kappa shape index (κ1) is 18.9. The molecule has 8 nitrogen and oxygen atoms in total. The van der Waals surface area contributed by atoms with Gasteiger partial charge in [-0.2, -0.15) is 5.10 Å². The monoisotopic (exact) mass is 372 g/mol. The van der Waals surface area contributed by atoms with E-state index in [0.717, 1.165) is 5.69 Å². The van der Waals surface area contributed by atoms with E-state index in [4.69, 9.17) is 9.47 Å². The second-order valence-electron chi connectivity index (χ2n) is 6.26. The van der Waals surface area contributed by atoms with E-state index < -0.39 is 0 Å². The molecule has 0 spiro atoms. The van der Waals surface area contributed by atoms with Crippen molar-refractivity contribution in [1.29, 1.82) is 0 Å². The van der Waals surface area contributed by atoms with E-state index in [2.05, 4.69) is 15.7 Å². The van der Waals surface area contributed by atoms with Gasteiger partial charge in [0.2, 0.25) is 0 Å². The Morgan fingerprint density at radius 1 is 1.30 bits per heavy atom. The van der Waals surface area contributed by atoms with Crippen LogP contribution in [0.25, 0.3) is 0 Å². The molecule has 0 unspecified atom stereocenters. The molecule has 0 saturated heterocycles. The fraction of sp³-hybridized carbons (Fsp3) is 0.421. The number of carbonyl (C=O) groups excluding carboxylic acids is 2. The van der Waals surface area contributed by atoms with Gasteiger partial charge >= 0.3 is 0 Å². The van der Waals surface area contributed by atoms with Crippen LogP contribution in [-0.2, 0) is 17.7 Å². The van der Waals surface area contributed by atoms with Gasteiger partial charge in [-0.3, -0.25) is 14.3 Å². The largest absolute Gasteiger partial charge is 0.493 e. The van der Waals surface area contributed by atoms with Crippen molar-refractivity contribution in [2.75, 3.05) is 26.9 Å². The number of para-hydroxylation sites is 1. The van der Waals surface area contributed by atoms with E-state index in [1.54, 1.807) is 30.0 Å². The quantitative estimate of drug-likeness (QED) is 0.675. The number of hydrogen-bond acceptors (Lipinski definition) is 5. The Morgan fingerprint density at radius 3 is 2.85 bits per heavy atom. The van der Waals surface area contributed by atoms with Crippen molar-refractivity contribution >= 4 is 11.8 Å². The molecule has 27 heavy (non-hydrogen) atoms. The number of benzene rings is 1. The third-order valence-corrected chi connectivity index (χ3v) is 4.30. The minimum absolute atomic E-state index is 0.0692. The third kappa shape index (κ3) is 4.46. The molecular formula is C19H24N4O4. The Labute approximate surface area is 157 Å². The number of carbonyl (C=O) groups is 2. The van der Waals surface area contributed by atoms with Gasteiger partial charge in [-0.05, 0) is 25.1 Å². The number of rotatable bonds is 8. The molecule has 0 radical (unpaired) electrons. The minimum Gasteiger partial charge on any atom is -0.493 e. The minimum atomic E-state index is -0.222. The topological polar surface area (TPSA) is 94.5 Å². The van der Waals surface area contributed by atoms with Crippen molar-refractivity contribution in [2.24, 2.45) is 0 Å². The number of aromatic nitrogens is 2. The lowest BCUT2D eigenvalue weighted by molar-refractivity contribution is 0.0919. The lowest BCUT2D eigenvalue weighted by Crippen LogP contribution is -2.36. The van der Waals surface area contributed by atoms with Gasteiger partial charge in [-0.1, -0.05) is 12.1 Å². The van der Waals surface area contributed by atoms with Crippen molar-refractivity contribution in [3.8, 4) is 5.75 Å². The molecule has 0 saturated carbocycles. The van der Waals surface area contributed by atoms with Gasteiger partial charge in [-0.15, -0.1) is 0 Å². The fourth-order valence-electron chi connectivity index (χ4n) is 3.07. The van der Waals surface area contributed by atoms with Gasteiger partial charge in [0.05, 0.1) is 31.4 Å². The molecule has 1 atom stereocenters. The first-order valence-electron chi connectivity index (χ1n) is 8.99. The number of nitrogens with zero attached hydrogens (tertiary/aromatic N) is 2. The zero-order valence-electron chi connectivity index (χ0n) is 15.5. The maximum absolute atomic E-state index is 12.6. The number of hydrogen-bond donors (Lipinski definition) is 2. The highest BCUT2D eigenvalue weighted by Crippen LogP contribution is 2.20. The molecule has 0 aliphatic carbocycles.